The number of nitrogens with two attached hydrogens (primary N) is 1. The third-order valence-corrected chi connectivity index (χ3v) is 7.18. The number of nitrogens with one attached hydrogen (secondary N) is 1. The van der Waals surface area contributed by atoms with Crippen LogP contribution in [0.25, 0.3) is 0 Å². The van der Waals surface area contributed by atoms with Crippen molar-refractivity contribution in [1.82, 2.24) is 5.32 Å². The Hall–Kier alpha value is -2.49. The van der Waals surface area contributed by atoms with Crippen molar-refractivity contribution in [1.29, 1.82) is 0 Å². The van der Waals surface area contributed by atoms with Gasteiger partial charge in [0.2, 0.25) is 11.8 Å². The highest BCUT2D eigenvalue weighted by Crippen LogP contribution is 2.43. The largest absolute Gasteiger partial charge is 0.459 e. The first-order valence-electron chi connectivity index (χ1n) is 13.2. The van der Waals surface area contributed by atoms with Crippen molar-refractivity contribution in [2.45, 2.75) is 109 Å². The van der Waals surface area contributed by atoms with Crippen LogP contribution in [0, 0.1) is 5.92 Å². The summed E-state index contributed by atoms with van der Waals surface area (Å²) >= 11 is 0. The van der Waals surface area contributed by atoms with Gasteiger partial charge in [0.1, 0.15) is 6.10 Å². The zero-order chi connectivity index (χ0) is 27.2. The molecule has 3 N–H and O–H groups in total. The fourth-order valence-electron chi connectivity index (χ4n) is 5.10. The molecule has 1 spiro atoms. The van der Waals surface area contributed by atoms with E-state index in [1.54, 1.807) is 13.0 Å². The number of carbonyl (C=O) groups excluding carboxylic acids is 3. The minimum atomic E-state index is -0.458. The molecule has 8 atom stereocenters. The highest BCUT2D eigenvalue weighted by molar-refractivity contribution is 5.87. The van der Waals surface area contributed by atoms with Crippen LogP contribution in [0.3, 0.4) is 0 Å². The van der Waals surface area contributed by atoms with Crippen LogP contribution < -0.4 is 11.1 Å². The van der Waals surface area contributed by atoms with Gasteiger partial charge in [-0.3, -0.25) is 14.4 Å². The third-order valence-electron chi connectivity index (χ3n) is 7.18. The Morgan fingerprint density at radius 2 is 1.89 bits per heavy atom. The van der Waals surface area contributed by atoms with E-state index in [9.17, 15) is 14.4 Å². The Morgan fingerprint density at radius 3 is 2.54 bits per heavy atom. The fourth-order valence-corrected chi connectivity index (χ4v) is 5.10. The molecule has 206 valence electrons. The van der Waals surface area contributed by atoms with E-state index in [1.165, 1.54) is 13.0 Å². The molecule has 0 aromatic rings. The SMILES string of the molecule is CC(=O)O[C@@H](C)/C=C\C(=O)N[C@@H]1C[C@H](C)[C@H](C/C=C(C)/C=C/[C@@H]2C[C@]3(CO3)C[C@@H](CC(N)=O)O2)O[C@@H]1C. The third kappa shape index (κ3) is 9.39. The quantitative estimate of drug-likeness (QED) is 0.197. The minimum Gasteiger partial charge on any atom is -0.459 e. The molecule has 0 aromatic heterocycles. The summed E-state index contributed by atoms with van der Waals surface area (Å²) in [6.45, 7) is 9.91. The van der Waals surface area contributed by atoms with Crippen molar-refractivity contribution in [3.8, 4) is 0 Å². The second kappa shape index (κ2) is 12.8. The highest BCUT2D eigenvalue weighted by Gasteiger charge is 2.51. The maximum atomic E-state index is 12.3. The Labute approximate surface area is 219 Å². The van der Waals surface area contributed by atoms with E-state index < -0.39 is 6.10 Å². The van der Waals surface area contributed by atoms with Crippen LogP contribution >= 0.6 is 0 Å². The van der Waals surface area contributed by atoms with Crippen LogP contribution in [0.15, 0.2) is 36.0 Å². The summed E-state index contributed by atoms with van der Waals surface area (Å²) in [5, 5.41) is 3.01. The first-order valence-corrected chi connectivity index (χ1v) is 13.2. The molecule has 9 heteroatoms. The minimum absolute atomic E-state index is 0.0556. The number of allylic oxidation sites excluding steroid dienone is 2. The molecular weight excluding hydrogens is 476 g/mol. The monoisotopic (exact) mass is 518 g/mol. The van der Waals surface area contributed by atoms with Gasteiger partial charge in [0.05, 0.1) is 49.1 Å². The fraction of sp³-hybridized carbons (Fsp3) is 0.679. The van der Waals surface area contributed by atoms with E-state index in [1.807, 2.05) is 19.9 Å². The van der Waals surface area contributed by atoms with Crippen molar-refractivity contribution >= 4 is 17.8 Å². The Balaban J connectivity index is 1.46. The molecule has 3 aliphatic heterocycles. The van der Waals surface area contributed by atoms with Gasteiger partial charge in [-0.05, 0) is 45.6 Å². The van der Waals surface area contributed by atoms with Crippen LogP contribution in [0.2, 0.25) is 0 Å². The van der Waals surface area contributed by atoms with E-state index in [0.29, 0.717) is 6.61 Å². The summed E-state index contributed by atoms with van der Waals surface area (Å²) in [5.74, 6) is -0.706. The average molecular weight is 519 g/mol. The van der Waals surface area contributed by atoms with E-state index in [0.717, 1.165) is 31.3 Å². The summed E-state index contributed by atoms with van der Waals surface area (Å²) < 4.78 is 23.0. The molecule has 3 aliphatic rings. The average Bonchev–Trinajstić information content (AvgIpc) is 3.54. The molecule has 3 fully saturated rings. The van der Waals surface area contributed by atoms with Crippen LogP contribution in [0.5, 0.6) is 0 Å². The topological polar surface area (TPSA) is 129 Å². The Kier molecular flexibility index (Phi) is 10.1. The lowest BCUT2D eigenvalue weighted by atomic mass is 9.88. The molecule has 3 heterocycles. The summed E-state index contributed by atoms with van der Waals surface area (Å²) in [5.41, 5.74) is 6.32. The Morgan fingerprint density at radius 1 is 1.16 bits per heavy atom. The summed E-state index contributed by atoms with van der Waals surface area (Å²) in [4.78, 5) is 34.7. The highest BCUT2D eigenvalue weighted by atomic mass is 16.6. The van der Waals surface area contributed by atoms with Crippen LogP contribution in [0.1, 0.15) is 66.7 Å². The number of esters is 1. The number of epoxide rings is 1. The second-order valence-electron chi connectivity index (χ2n) is 10.8. The van der Waals surface area contributed by atoms with Gasteiger partial charge < -0.3 is 30.0 Å². The van der Waals surface area contributed by atoms with Crippen LogP contribution in [0.4, 0.5) is 0 Å². The number of hydrogen-bond acceptors (Lipinski definition) is 7. The summed E-state index contributed by atoms with van der Waals surface area (Å²) in [6.07, 6.45) is 11.7. The number of amides is 2. The van der Waals surface area contributed by atoms with Crippen molar-refractivity contribution in [3.05, 3.63) is 36.0 Å². The predicted molar refractivity (Wildman–Crippen MR) is 138 cm³/mol. The van der Waals surface area contributed by atoms with E-state index in [-0.39, 0.29) is 66.2 Å². The molecule has 0 saturated carbocycles. The van der Waals surface area contributed by atoms with E-state index in [4.69, 9.17) is 24.7 Å². The molecule has 0 aliphatic carbocycles. The molecule has 0 bridgehead atoms. The van der Waals surface area contributed by atoms with Crippen molar-refractivity contribution in [2.24, 2.45) is 11.7 Å². The van der Waals surface area contributed by atoms with Gasteiger partial charge in [0.15, 0.2) is 0 Å². The smallest absolute Gasteiger partial charge is 0.303 e. The molecule has 0 unspecified atom stereocenters. The Bertz CT molecular complexity index is 923. The lowest BCUT2D eigenvalue weighted by Gasteiger charge is -2.39. The maximum Gasteiger partial charge on any atom is 0.303 e. The zero-order valence-electron chi connectivity index (χ0n) is 22.6. The number of hydrogen-bond donors (Lipinski definition) is 2. The molecule has 9 nitrogen and oxygen atoms in total. The summed E-state index contributed by atoms with van der Waals surface area (Å²) in [7, 11) is 0. The molecule has 3 rings (SSSR count). The van der Waals surface area contributed by atoms with E-state index >= 15 is 0 Å². The zero-order valence-corrected chi connectivity index (χ0v) is 22.6. The normalized spacial score (nSPS) is 35.0. The van der Waals surface area contributed by atoms with Gasteiger partial charge >= 0.3 is 5.97 Å². The van der Waals surface area contributed by atoms with Crippen molar-refractivity contribution < 1.29 is 33.3 Å². The molecule has 37 heavy (non-hydrogen) atoms. The van der Waals surface area contributed by atoms with Gasteiger partial charge in [0, 0.05) is 25.8 Å². The lowest BCUT2D eigenvalue weighted by molar-refractivity contribution is -0.143. The van der Waals surface area contributed by atoms with Crippen molar-refractivity contribution in [3.63, 3.8) is 0 Å². The standard InChI is InChI=1S/C28H42N2O7/c1-17(6-9-22-14-28(16-34-28)15-23(37-22)13-26(29)32)7-10-25-18(2)12-24(20(4)36-25)30-27(33)11-8-19(3)35-21(5)31/h6-9,11,18-20,22-25H,10,12-16H2,1-5H3,(H2,29,32)(H,30,33)/b9-6+,11-8-,17-7+/t18-,19-,20+,22+,23+,24+,25-,28+/m0/s1. The number of rotatable bonds is 10. The van der Waals surface area contributed by atoms with Gasteiger partial charge in [-0.2, -0.15) is 0 Å². The number of ether oxygens (including phenoxy) is 4. The van der Waals surface area contributed by atoms with Gasteiger partial charge in [-0.15, -0.1) is 0 Å². The maximum absolute atomic E-state index is 12.3. The van der Waals surface area contributed by atoms with Gasteiger partial charge in [0.25, 0.3) is 0 Å². The lowest BCUT2D eigenvalue weighted by Crippen LogP contribution is -2.50. The molecule has 0 radical (unpaired) electrons. The van der Waals surface area contributed by atoms with Crippen LogP contribution in [-0.2, 0) is 33.3 Å². The molecule has 3 saturated heterocycles. The number of carbonyl (C=O) groups is 3. The second-order valence-corrected chi connectivity index (χ2v) is 10.8. The van der Waals surface area contributed by atoms with Crippen LogP contribution in [-0.4, -0.2) is 66.6 Å². The first kappa shape index (κ1) is 29.1. The molecule has 2 amide bonds. The summed E-state index contributed by atoms with van der Waals surface area (Å²) in [6, 6.07) is -0.0915. The van der Waals surface area contributed by atoms with Gasteiger partial charge in [-0.1, -0.05) is 30.7 Å². The molecular formula is C28H42N2O7. The first-order chi connectivity index (χ1) is 17.4. The number of primary amides is 1. The predicted octanol–water partition coefficient (Wildman–Crippen LogP) is 2.88. The van der Waals surface area contributed by atoms with E-state index in [2.05, 4.69) is 24.4 Å². The van der Waals surface area contributed by atoms with Gasteiger partial charge in [-0.25, -0.2) is 0 Å². The van der Waals surface area contributed by atoms with Crippen molar-refractivity contribution in [2.75, 3.05) is 6.61 Å². The molecule has 0 aromatic carbocycles.